The number of carbonyl (C=O) groups excluding carboxylic acids is 2. The molecule has 1 amide bonds. The van der Waals surface area contributed by atoms with Gasteiger partial charge >= 0.3 is 0 Å². The van der Waals surface area contributed by atoms with Gasteiger partial charge in [0.2, 0.25) is 5.91 Å². The Balaban J connectivity index is 1.92. The number of nitrogens with zero attached hydrogens (tertiary/aromatic N) is 1. The molecule has 4 heteroatoms. The lowest BCUT2D eigenvalue weighted by Crippen LogP contribution is -2.43. The van der Waals surface area contributed by atoms with E-state index in [1.807, 2.05) is 6.92 Å². The highest BCUT2D eigenvalue weighted by Crippen LogP contribution is 2.22. The Hall–Kier alpha value is -0.900. The van der Waals surface area contributed by atoms with Crippen LogP contribution in [-0.2, 0) is 14.3 Å². The van der Waals surface area contributed by atoms with Gasteiger partial charge in [-0.1, -0.05) is 0 Å². The summed E-state index contributed by atoms with van der Waals surface area (Å²) >= 11 is 0. The van der Waals surface area contributed by atoms with Crippen LogP contribution in [0.2, 0.25) is 0 Å². The first-order valence-corrected chi connectivity index (χ1v) is 5.59. The fourth-order valence-corrected chi connectivity index (χ4v) is 2.27. The summed E-state index contributed by atoms with van der Waals surface area (Å²) in [6.45, 7) is 3.54. The molecule has 0 N–H and O–H groups in total. The molecule has 4 nitrogen and oxygen atoms in total. The molecule has 2 rings (SSSR count). The van der Waals surface area contributed by atoms with E-state index in [4.69, 9.17) is 4.74 Å². The summed E-state index contributed by atoms with van der Waals surface area (Å²) < 4.78 is 5.37. The van der Waals surface area contributed by atoms with Gasteiger partial charge < -0.3 is 9.64 Å². The molecule has 2 saturated heterocycles. The molecule has 0 aromatic carbocycles. The third-order valence-corrected chi connectivity index (χ3v) is 3.11. The van der Waals surface area contributed by atoms with Crippen molar-refractivity contribution in [1.82, 2.24) is 4.90 Å². The summed E-state index contributed by atoms with van der Waals surface area (Å²) in [7, 11) is 0. The van der Waals surface area contributed by atoms with Crippen LogP contribution in [0.4, 0.5) is 0 Å². The van der Waals surface area contributed by atoms with E-state index in [9.17, 15) is 9.59 Å². The molecular weight excluding hydrogens is 194 g/mol. The van der Waals surface area contributed by atoms with E-state index >= 15 is 0 Å². The van der Waals surface area contributed by atoms with Crippen molar-refractivity contribution in [2.45, 2.75) is 32.3 Å². The smallest absolute Gasteiger partial charge is 0.228 e. The molecule has 0 spiro atoms. The first kappa shape index (κ1) is 10.6. The van der Waals surface area contributed by atoms with Crippen LogP contribution in [-0.4, -0.2) is 42.4 Å². The van der Waals surface area contributed by atoms with Gasteiger partial charge in [0.1, 0.15) is 0 Å². The van der Waals surface area contributed by atoms with E-state index in [1.165, 1.54) is 0 Å². The second-order valence-electron chi connectivity index (χ2n) is 4.48. The SMILES string of the molecule is CC1CC(C(=O)N2CCCC(=O)C2)CO1. The van der Waals surface area contributed by atoms with Crippen molar-refractivity contribution in [3.63, 3.8) is 0 Å². The summed E-state index contributed by atoms with van der Waals surface area (Å²) in [5.41, 5.74) is 0. The van der Waals surface area contributed by atoms with E-state index in [-0.39, 0.29) is 23.7 Å². The zero-order valence-corrected chi connectivity index (χ0v) is 9.07. The Labute approximate surface area is 89.6 Å². The van der Waals surface area contributed by atoms with E-state index in [0.29, 0.717) is 19.6 Å². The lowest BCUT2D eigenvalue weighted by molar-refractivity contribution is -0.140. The molecule has 2 unspecified atom stereocenters. The molecule has 2 atom stereocenters. The van der Waals surface area contributed by atoms with Crippen molar-refractivity contribution >= 4 is 11.7 Å². The second-order valence-corrected chi connectivity index (χ2v) is 4.48. The molecule has 0 aromatic rings. The normalized spacial score (nSPS) is 32.1. The summed E-state index contributed by atoms with van der Waals surface area (Å²) in [4.78, 5) is 24.9. The van der Waals surface area contributed by atoms with E-state index in [2.05, 4.69) is 0 Å². The van der Waals surface area contributed by atoms with Crippen molar-refractivity contribution < 1.29 is 14.3 Å². The molecule has 0 bridgehead atoms. The highest BCUT2D eigenvalue weighted by Gasteiger charge is 2.33. The molecule has 0 aliphatic carbocycles. The Morgan fingerprint density at radius 1 is 1.53 bits per heavy atom. The van der Waals surface area contributed by atoms with Crippen LogP contribution in [0.3, 0.4) is 0 Å². The first-order chi connectivity index (χ1) is 7.16. The van der Waals surface area contributed by atoms with Crippen LogP contribution in [0, 0.1) is 5.92 Å². The Kier molecular flexibility index (Phi) is 3.05. The molecule has 2 aliphatic heterocycles. The Morgan fingerprint density at radius 3 is 2.93 bits per heavy atom. The number of ketones is 1. The Bertz CT molecular complexity index is 277. The van der Waals surface area contributed by atoms with Gasteiger partial charge in [0.15, 0.2) is 5.78 Å². The fourth-order valence-electron chi connectivity index (χ4n) is 2.27. The van der Waals surface area contributed by atoms with Crippen molar-refractivity contribution in [2.24, 2.45) is 5.92 Å². The topological polar surface area (TPSA) is 46.6 Å². The fraction of sp³-hybridized carbons (Fsp3) is 0.818. The van der Waals surface area contributed by atoms with Gasteiger partial charge in [0.05, 0.1) is 25.2 Å². The third kappa shape index (κ3) is 2.37. The third-order valence-electron chi connectivity index (χ3n) is 3.11. The average Bonchev–Trinajstić information content (AvgIpc) is 2.64. The van der Waals surface area contributed by atoms with Gasteiger partial charge in [-0.25, -0.2) is 0 Å². The van der Waals surface area contributed by atoms with Crippen LogP contribution >= 0.6 is 0 Å². The number of hydrogen-bond donors (Lipinski definition) is 0. The van der Waals surface area contributed by atoms with Gasteiger partial charge in [-0.3, -0.25) is 9.59 Å². The summed E-state index contributed by atoms with van der Waals surface area (Å²) in [6.07, 6.45) is 2.41. The zero-order chi connectivity index (χ0) is 10.8. The number of Topliss-reactive ketones (excluding diaryl/α,β-unsaturated/α-hetero) is 1. The predicted molar refractivity (Wildman–Crippen MR) is 54.3 cm³/mol. The largest absolute Gasteiger partial charge is 0.378 e. The number of likely N-dealkylation sites (tertiary alicyclic amines) is 1. The molecule has 0 saturated carbocycles. The lowest BCUT2D eigenvalue weighted by Gasteiger charge is -2.27. The van der Waals surface area contributed by atoms with Crippen molar-refractivity contribution in [2.75, 3.05) is 19.7 Å². The average molecular weight is 211 g/mol. The van der Waals surface area contributed by atoms with Crippen LogP contribution in [0.1, 0.15) is 26.2 Å². The van der Waals surface area contributed by atoms with Crippen molar-refractivity contribution in [3.8, 4) is 0 Å². The number of rotatable bonds is 1. The van der Waals surface area contributed by atoms with E-state index < -0.39 is 0 Å². The van der Waals surface area contributed by atoms with Gasteiger partial charge in [0, 0.05) is 13.0 Å². The number of carbonyl (C=O) groups is 2. The molecule has 0 radical (unpaired) electrons. The minimum Gasteiger partial charge on any atom is -0.378 e. The van der Waals surface area contributed by atoms with Gasteiger partial charge in [-0.05, 0) is 19.8 Å². The number of amides is 1. The second kappa shape index (κ2) is 4.31. The minimum absolute atomic E-state index is 0.0223. The molecule has 0 aromatic heterocycles. The quantitative estimate of drug-likeness (QED) is 0.638. The van der Waals surface area contributed by atoms with E-state index in [0.717, 1.165) is 19.4 Å². The Morgan fingerprint density at radius 2 is 2.33 bits per heavy atom. The highest BCUT2D eigenvalue weighted by atomic mass is 16.5. The zero-order valence-electron chi connectivity index (χ0n) is 9.07. The molecule has 15 heavy (non-hydrogen) atoms. The van der Waals surface area contributed by atoms with E-state index in [1.54, 1.807) is 4.90 Å². The van der Waals surface area contributed by atoms with Gasteiger partial charge in [0.25, 0.3) is 0 Å². The van der Waals surface area contributed by atoms with Crippen LogP contribution < -0.4 is 0 Å². The minimum atomic E-state index is -0.0223. The molecule has 2 aliphatic rings. The summed E-state index contributed by atoms with van der Waals surface area (Å²) in [5, 5.41) is 0. The number of hydrogen-bond acceptors (Lipinski definition) is 3. The van der Waals surface area contributed by atoms with Crippen molar-refractivity contribution in [3.05, 3.63) is 0 Å². The lowest BCUT2D eigenvalue weighted by atomic mass is 10.0. The van der Waals surface area contributed by atoms with Crippen LogP contribution in [0.25, 0.3) is 0 Å². The predicted octanol–water partition coefficient (Wildman–Crippen LogP) is 0.603. The van der Waals surface area contributed by atoms with Crippen LogP contribution in [0.15, 0.2) is 0 Å². The molecular formula is C11H17NO3. The first-order valence-electron chi connectivity index (χ1n) is 5.59. The number of ether oxygens (including phenoxy) is 1. The monoisotopic (exact) mass is 211 g/mol. The maximum absolute atomic E-state index is 12.0. The van der Waals surface area contributed by atoms with Gasteiger partial charge in [-0.15, -0.1) is 0 Å². The van der Waals surface area contributed by atoms with Crippen LogP contribution in [0.5, 0.6) is 0 Å². The summed E-state index contributed by atoms with van der Waals surface area (Å²) in [6, 6.07) is 0. The summed E-state index contributed by atoms with van der Waals surface area (Å²) in [5.74, 6) is 0.264. The maximum atomic E-state index is 12.0. The standard InChI is InChI=1S/C11H17NO3/c1-8-5-9(7-15-8)11(14)12-4-2-3-10(13)6-12/h8-9H,2-7H2,1H3. The number of piperidine rings is 1. The molecule has 2 heterocycles. The molecule has 84 valence electrons. The highest BCUT2D eigenvalue weighted by molar-refractivity contribution is 5.88. The maximum Gasteiger partial charge on any atom is 0.228 e. The van der Waals surface area contributed by atoms with Crippen molar-refractivity contribution in [1.29, 1.82) is 0 Å². The van der Waals surface area contributed by atoms with Gasteiger partial charge in [-0.2, -0.15) is 0 Å². The molecule has 2 fully saturated rings.